The highest BCUT2D eigenvalue weighted by molar-refractivity contribution is 7.85. The lowest BCUT2D eigenvalue weighted by atomic mass is 10.0. The van der Waals surface area contributed by atoms with Crippen LogP contribution in [0.3, 0.4) is 0 Å². The molecule has 300 valence electrons. The van der Waals surface area contributed by atoms with E-state index in [2.05, 4.69) is 46.6 Å². The number of hydrogen-bond donors (Lipinski definition) is 4. The van der Waals surface area contributed by atoms with Crippen molar-refractivity contribution in [2.24, 2.45) is 30.7 Å². The zero-order valence-corrected chi connectivity index (χ0v) is 32.6. The van der Waals surface area contributed by atoms with Crippen molar-refractivity contribution in [2.75, 3.05) is 16.0 Å². The second-order valence-electron chi connectivity index (χ2n) is 13.0. The van der Waals surface area contributed by atoms with E-state index in [1.807, 2.05) is 60.7 Å². The molecule has 0 bridgehead atoms. The number of carbonyl (C=O) groups is 3. The normalized spacial score (nSPS) is 11.5. The van der Waals surface area contributed by atoms with Gasteiger partial charge in [0.15, 0.2) is 0 Å². The van der Waals surface area contributed by atoms with Crippen LogP contribution in [0, 0.1) is 0 Å². The summed E-state index contributed by atoms with van der Waals surface area (Å²) < 4.78 is 31.8. The monoisotopic (exact) mass is 827 g/mol. The van der Waals surface area contributed by atoms with E-state index in [4.69, 9.17) is 0 Å². The largest absolute Gasteiger partial charge is 0.322 e. The number of azo groups is 3. The lowest BCUT2D eigenvalue weighted by Gasteiger charge is -2.12. The number of benzene rings is 7. The highest BCUT2D eigenvalue weighted by atomic mass is 32.2. The molecule has 0 atom stereocenters. The molecular weight excluding hydrogens is 795 g/mol. The summed E-state index contributed by atoms with van der Waals surface area (Å²) in [7, 11) is -4.34. The molecule has 16 heteroatoms. The van der Waals surface area contributed by atoms with Crippen molar-refractivity contribution in [3.05, 3.63) is 193 Å². The van der Waals surface area contributed by atoms with Crippen molar-refractivity contribution in [3.8, 4) is 0 Å². The van der Waals surface area contributed by atoms with Gasteiger partial charge in [0, 0.05) is 33.8 Å². The van der Waals surface area contributed by atoms with Gasteiger partial charge >= 0.3 is 0 Å². The predicted octanol–water partition coefficient (Wildman–Crippen LogP) is 11.9. The van der Waals surface area contributed by atoms with Crippen molar-refractivity contribution in [1.82, 2.24) is 0 Å². The molecule has 0 unspecified atom stereocenters. The molecule has 3 amide bonds. The fourth-order valence-electron chi connectivity index (χ4n) is 5.49. The van der Waals surface area contributed by atoms with Crippen LogP contribution < -0.4 is 16.0 Å². The quantitative estimate of drug-likeness (QED) is 0.0654. The second kappa shape index (κ2) is 18.9. The van der Waals surface area contributed by atoms with Gasteiger partial charge in [0.25, 0.3) is 27.8 Å². The molecular formula is C45H33N9O6S. The molecule has 61 heavy (non-hydrogen) atoms. The summed E-state index contributed by atoms with van der Waals surface area (Å²) in [5.41, 5.74) is 4.68. The summed E-state index contributed by atoms with van der Waals surface area (Å²) in [6, 6.07) is 47.6. The van der Waals surface area contributed by atoms with Gasteiger partial charge in [-0.05, 0) is 140 Å². The number of carbonyl (C=O) groups excluding carboxylic acids is 3. The second-order valence-corrected chi connectivity index (χ2v) is 14.5. The highest BCUT2D eigenvalue weighted by Crippen LogP contribution is 2.25. The molecule has 0 fully saturated rings. The van der Waals surface area contributed by atoms with Gasteiger partial charge in [-0.15, -0.1) is 0 Å². The summed E-state index contributed by atoms with van der Waals surface area (Å²) in [6.07, 6.45) is 0. The van der Waals surface area contributed by atoms with Crippen LogP contribution in [0.5, 0.6) is 0 Å². The third kappa shape index (κ3) is 11.6. The van der Waals surface area contributed by atoms with E-state index >= 15 is 0 Å². The van der Waals surface area contributed by atoms with Gasteiger partial charge in [-0.1, -0.05) is 36.4 Å². The average molecular weight is 828 g/mol. The molecule has 15 nitrogen and oxygen atoms in total. The highest BCUT2D eigenvalue weighted by Gasteiger charge is 2.18. The van der Waals surface area contributed by atoms with Crippen LogP contribution >= 0.6 is 0 Å². The van der Waals surface area contributed by atoms with E-state index in [9.17, 15) is 27.4 Å². The zero-order chi connectivity index (χ0) is 42.6. The Labute approximate surface area is 349 Å². The number of amides is 3. The summed E-state index contributed by atoms with van der Waals surface area (Å²) in [6.45, 7) is 0. The number of nitrogens with one attached hydrogen (secondary N) is 3. The topological polar surface area (TPSA) is 216 Å². The number of nitrogens with zero attached hydrogens (tertiary/aromatic N) is 6. The fourth-order valence-corrected chi connectivity index (χ4v) is 5.97. The maximum absolute atomic E-state index is 13.7. The first-order valence-corrected chi connectivity index (χ1v) is 19.8. The lowest BCUT2D eigenvalue weighted by Crippen LogP contribution is -2.19. The Morgan fingerprint density at radius 2 is 0.607 bits per heavy atom. The smallest absolute Gasteiger partial charge is 0.294 e. The molecule has 0 aromatic heterocycles. The molecule has 0 heterocycles. The first kappa shape index (κ1) is 40.8. The SMILES string of the molecule is O=C(Nc1ccc(N=Nc2ccccc2)cc1)c1cc(C(=O)Nc2ccc(N=Nc3ccccc3)cc2)cc(C(=O)Nc2ccc(N=Nc3ccc(S(=O)(=O)O)cc3)cc2)c1. The maximum atomic E-state index is 13.7. The van der Waals surface area contributed by atoms with E-state index in [1.54, 1.807) is 72.8 Å². The van der Waals surface area contributed by atoms with Crippen LogP contribution in [0.1, 0.15) is 31.1 Å². The summed E-state index contributed by atoms with van der Waals surface area (Å²) in [5.74, 6) is -1.74. The molecule has 0 aliphatic rings. The standard InChI is InChI=1S/C45H33N9O6S/c55-43(46-33-11-17-38(18-12-33)51-49-36-7-3-1-4-8-36)30-27-31(44(56)47-34-13-19-39(20-14-34)52-50-37-9-5-2-6-10-37)29-32(28-30)45(57)48-35-15-21-40(22-16-35)53-54-41-23-25-42(26-24-41)61(58,59)60/h1-29H,(H,46,55)(H,47,56)(H,48,57)(H,58,59,60). The van der Waals surface area contributed by atoms with E-state index in [0.717, 1.165) is 0 Å². The molecule has 0 spiro atoms. The van der Waals surface area contributed by atoms with Crippen molar-refractivity contribution in [1.29, 1.82) is 0 Å². The molecule has 0 aliphatic carbocycles. The van der Waals surface area contributed by atoms with Crippen molar-refractivity contribution in [3.63, 3.8) is 0 Å². The lowest BCUT2D eigenvalue weighted by molar-refractivity contribution is 0.102. The van der Waals surface area contributed by atoms with Crippen molar-refractivity contribution in [2.45, 2.75) is 4.90 Å². The van der Waals surface area contributed by atoms with Gasteiger partial charge in [0.05, 0.1) is 39.0 Å². The Kier molecular flexibility index (Phi) is 12.7. The Hall–Kier alpha value is -8.34. The van der Waals surface area contributed by atoms with Gasteiger partial charge in [0.1, 0.15) is 0 Å². The van der Waals surface area contributed by atoms with Crippen LogP contribution in [-0.2, 0) is 10.1 Å². The first-order chi connectivity index (χ1) is 29.5. The minimum absolute atomic E-state index is 0.0308. The Morgan fingerprint density at radius 1 is 0.361 bits per heavy atom. The predicted molar refractivity (Wildman–Crippen MR) is 231 cm³/mol. The third-order valence-electron chi connectivity index (χ3n) is 8.58. The van der Waals surface area contributed by atoms with Crippen LogP contribution in [-0.4, -0.2) is 30.7 Å². The zero-order valence-electron chi connectivity index (χ0n) is 31.8. The van der Waals surface area contributed by atoms with E-state index in [-0.39, 0.29) is 21.6 Å². The van der Waals surface area contributed by atoms with Gasteiger partial charge in [-0.2, -0.15) is 39.1 Å². The van der Waals surface area contributed by atoms with Gasteiger partial charge < -0.3 is 16.0 Å². The molecule has 7 aromatic rings. The van der Waals surface area contributed by atoms with Crippen molar-refractivity contribution >= 4 is 79.0 Å². The van der Waals surface area contributed by atoms with Gasteiger partial charge in [-0.25, -0.2) is 0 Å². The summed E-state index contributed by atoms with van der Waals surface area (Å²) >= 11 is 0. The van der Waals surface area contributed by atoms with E-state index in [0.29, 0.717) is 51.2 Å². The van der Waals surface area contributed by atoms with Crippen LogP contribution in [0.2, 0.25) is 0 Å². The maximum Gasteiger partial charge on any atom is 0.294 e. The molecule has 4 N–H and O–H groups in total. The van der Waals surface area contributed by atoms with Gasteiger partial charge in [0.2, 0.25) is 0 Å². The molecule has 0 radical (unpaired) electrons. The summed E-state index contributed by atoms with van der Waals surface area (Å²) in [4.78, 5) is 40.7. The van der Waals surface area contributed by atoms with Crippen LogP contribution in [0.15, 0.2) is 212 Å². The molecule has 7 aromatic carbocycles. The number of rotatable bonds is 13. The van der Waals surface area contributed by atoms with Crippen LogP contribution in [0.4, 0.5) is 51.2 Å². The van der Waals surface area contributed by atoms with E-state index in [1.165, 1.54) is 42.5 Å². The minimum Gasteiger partial charge on any atom is -0.322 e. The molecule has 7 rings (SSSR count). The number of anilines is 3. The van der Waals surface area contributed by atoms with Crippen molar-refractivity contribution < 1.29 is 27.4 Å². The Balaban J connectivity index is 1.07. The van der Waals surface area contributed by atoms with Gasteiger partial charge in [-0.3, -0.25) is 18.9 Å². The Morgan fingerprint density at radius 3 is 0.869 bits per heavy atom. The van der Waals surface area contributed by atoms with E-state index < -0.39 is 27.8 Å². The molecule has 0 saturated heterocycles. The fraction of sp³-hybridized carbons (Fsp3) is 0. The van der Waals surface area contributed by atoms with Crippen LogP contribution in [0.25, 0.3) is 0 Å². The minimum atomic E-state index is -4.34. The molecule has 0 saturated carbocycles. The third-order valence-corrected chi connectivity index (χ3v) is 9.45. The summed E-state index contributed by atoms with van der Waals surface area (Å²) in [5, 5.41) is 33.5. The first-order valence-electron chi connectivity index (χ1n) is 18.4. The Bertz CT molecular complexity index is 2750. The average Bonchev–Trinajstić information content (AvgIpc) is 3.28. The molecule has 0 aliphatic heterocycles. The number of hydrogen-bond acceptors (Lipinski definition) is 11.